The number of benzene rings is 2. The number of urea groups is 1. The van der Waals surface area contributed by atoms with Gasteiger partial charge in [-0.2, -0.15) is 0 Å². The molecule has 0 aliphatic rings. The van der Waals surface area contributed by atoms with Crippen LogP contribution in [-0.2, 0) is 6.54 Å². The Labute approximate surface area is 140 Å². The topological polar surface area (TPSA) is 32.3 Å². The van der Waals surface area contributed by atoms with E-state index in [-0.39, 0.29) is 12.1 Å². The van der Waals surface area contributed by atoms with Gasteiger partial charge in [0, 0.05) is 23.6 Å². The second-order valence-corrected chi connectivity index (χ2v) is 6.09. The number of rotatable bonds is 4. The molecule has 1 N–H and O–H groups in total. The van der Waals surface area contributed by atoms with Crippen molar-refractivity contribution in [1.29, 1.82) is 0 Å². The molecule has 0 spiro atoms. The summed E-state index contributed by atoms with van der Waals surface area (Å²) in [6, 6.07) is 14.7. The Hall–Kier alpha value is -1.71. The molecule has 5 heteroatoms. The summed E-state index contributed by atoms with van der Waals surface area (Å²) < 4.78 is 0. The van der Waals surface area contributed by atoms with Gasteiger partial charge in [-0.3, -0.25) is 0 Å². The van der Waals surface area contributed by atoms with Crippen molar-refractivity contribution in [2.75, 3.05) is 7.05 Å². The van der Waals surface area contributed by atoms with Crippen molar-refractivity contribution in [3.8, 4) is 0 Å². The van der Waals surface area contributed by atoms with Crippen molar-refractivity contribution in [2.24, 2.45) is 0 Å². The molecular formula is C17H18Cl2N2O. The maximum absolute atomic E-state index is 12.2. The van der Waals surface area contributed by atoms with Gasteiger partial charge in [0.2, 0.25) is 0 Å². The lowest BCUT2D eigenvalue weighted by molar-refractivity contribution is 0.203. The van der Waals surface area contributed by atoms with Gasteiger partial charge in [-0.05, 0) is 42.3 Å². The molecule has 0 saturated heterocycles. The van der Waals surface area contributed by atoms with Crippen molar-refractivity contribution in [1.82, 2.24) is 10.2 Å². The Morgan fingerprint density at radius 3 is 2.41 bits per heavy atom. The maximum Gasteiger partial charge on any atom is 0.317 e. The first-order valence-corrected chi connectivity index (χ1v) is 7.73. The fourth-order valence-electron chi connectivity index (χ4n) is 2.14. The Bertz CT molecular complexity index is 661. The van der Waals surface area contributed by atoms with E-state index in [0.717, 1.165) is 11.1 Å². The average molecular weight is 337 g/mol. The van der Waals surface area contributed by atoms with Crippen LogP contribution in [0.4, 0.5) is 4.79 Å². The van der Waals surface area contributed by atoms with E-state index in [1.807, 2.05) is 55.5 Å². The SMILES string of the molecule is CC(NC(=O)N(C)Cc1cccc(Cl)c1)c1cccc(Cl)c1. The van der Waals surface area contributed by atoms with Crippen LogP contribution in [0.3, 0.4) is 0 Å². The van der Waals surface area contributed by atoms with E-state index in [2.05, 4.69) is 5.32 Å². The summed E-state index contributed by atoms with van der Waals surface area (Å²) >= 11 is 11.9. The van der Waals surface area contributed by atoms with Crippen molar-refractivity contribution >= 4 is 29.2 Å². The second kappa shape index (κ2) is 7.52. The Kier molecular flexibility index (Phi) is 5.69. The van der Waals surface area contributed by atoms with Crippen LogP contribution in [0.2, 0.25) is 10.0 Å². The average Bonchev–Trinajstić information content (AvgIpc) is 2.47. The first-order chi connectivity index (χ1) is 10.5. The molecule has 0 radical (unpaired) electrons. The van der Waals surface area contributed by atoms with Crippen molar-refractivity contribution in [3.05, 3.63) is 69.7 Å². The smallest absolute Gasteiger partial charge is 0.317 e. The van der Waals surface area contributed by atoms with Gasteiger partial charge >= 0.3 is 6.03 Å². The molecule has 1 atom stereocenters. The molecule has 2 amide bonds. The summed E-state index contributed by atoms with van der Waals surface area (Å²) in [7, 11) is 1.75. The van der Waals surface area contributed by atoms with Gasteiger partial charge in [0.05, 0.1) is 6.04 Å². The van der Waals surface area contributed by atoms with Crippen LogP contribution in [0.1, 0.15) is 24.1 Å². The van der Waals surface area contributed by atoms with Gasteiger partial charge in [0.25, 0.3) is 0 Å². The minimum absolute atomic E-state index is 0.118. The Morgan fingerprint density at radius 2 is 1.77 bits per heavy atom. The van der Waals surface area contributed by atoms with Gasteiger partial charge in [-0.25, -0.2) is 4.79 Å². The highest BCUT2D eigenvalue weighted by molar-refractivity contribution is 6.30. The van der Waals surface area contributed by atoms with Crippen molar-refractivity contribution in [3.63, 3.8) is 0 Å². The third-order valence-electron chi connectivity index (χ3n) is 3.34. The molecule has 2 aromatic carbocycles. The monoisotopic (exact) mass is 336 g/mol. The molecule has 0 fully saturated rings. The third-order valence-corrected chi connectivity index (χ3v) is 3.81. The molecule has 22 heavy (non-hydrogen) atoms. The number of hydrogen-bond donors (Lipinski definition) is 1. The highest BCUT2D eigenvalue weighted by Crippen LogP contribution is 2.18. The summed E-state index contributed by atoms with van der Waals surface area (Å²) in [5, 5.41) is 4.28. The van der Waals surface area contributed by atoms with Gasteiger partial charge < -0.3 is 10.2 Å². The molecule has 116 valence electrons. The summed E-state index contributed by atoms with van der Waals surface area (Å²) in [5.41, 5.74) is 1.96. The number of carbonyl (C=O) groups is 1. The van der Waals surface area contributed by atoms with Gasteiger partial charge in [-0.1, -0.05) is 47.5 Å². The molecule has 1 unspecified atom stereocenters. The lowest BCUT2D eigenvalue weighted by Gasteiger charge is -2.22. The standard InChI is InChI=1S/C17H18Cl2N2O/c1-12(14-6-4-8-16(19)10-14)20-17(22)21(2)11-13-5-3-7-15(18)9-13/h3-10,12H,11H2,1-2H3,(H,20,22). The normalized spacial score (nSPS) is 11.8. The molecule has 0 saturated carbocycles. The summed E-state index contributed by atoms with van der Waals surface area (Å²) in [6.07, 6.45) is 0. The number of halogens is 2. The molecular weight excluding hydrogens is 319 g/mol. The largest absolute Gasteiger partial charge is 0.331 e. The third kappa shape index (κ3) is 4.65. The first kappa shape index (κ1) is 16.7. The second-order valence-electron chi connectivity index (χ2n) is 5.21. The predicted octanol–water partition coefficient (Wildman–Crippen LogP) is 4.90. The number of carbonyl (C=O) groups excluding carboxylic acids is 1. The zero-order chi connectivity index (χ0) is 16.1. The molecule has 3 nitrogen and oxygen atoms in total. The van der Waals surface area contributed by atoms with Crippen LogP contribution in [-0.4, -0.2) is 18.0 Å². The first-order valence-electron chi connectivity index (χ1n) is 6.97. The number of nitrogens with zero attached hydrogens (tertiary/aromatic N) is 1. The summed E-state index contributed by atoms with van der Waals surface area (Å²) in [5.74, 6) is 0. The van der Waals surface area contributed by atoms with E-state index >= 15 is 0 Å². The van der Waals surface area contributed by atoms with E-state index in [1.54, 1.807) is 11.9 Å². The van der Waals surface area contributed by atoms with E-state index < -0.39 is 0 Å². The highest BCUT2D eigenvalue weighted by atomic mass is 35.5. The van der Waals surface area contributed by atoms with Crippen molar-refractivity contribution in [2.45, 2.75) is 19.5 Å². The van der Waals surface area contributed by atoms with Crippen LogP contribution < -0.4 is 5.32 Å². The quantitative estimate of drug-likeness (QED) is 0.846. The Morgan fingerprint density at radius 1 is 1.14 bits per heavy atom. The molecule has 0 aromatic heterocycles. The van der Waals surface area contributed by atoms with Crippen LogP contribution in [0.5, 0.6) is 0 Å². The lowest BCUT2D eigenvalue weighted by atomic mass is 10.1. The maximum atomic E-state index is 12.2. The van der Waals surface area contributed by atoms with Gasteiger partial charge in [0.15, 0.2) is 0 Å². The fourth-order valence-corrected chi connectivity index (χ4v) is 2.55. The predicted molar refractivity (Wildman–Crippen MR) is 91.3 cm³/mol. The number of amides is 2. The van der Waals surface area contributed by atoms with Crippen LogP contribution in [0.15, 0.2) is 48.5 Å². The molecule has 2 aromatic rings. The fraction of sp³-hybridized carbons (Fsp3) is 0.235. The molecule has 0 heterocycles. The summed E-state index contributed by atoms with van der Waals surface area (Å²) in [4.78, 5) is 13.9. The molecule has 2 rings (SSSR count). The minimum Gasteiger partial charge on any atom is -0.331 e. The van der Waals surface area contributed by atoms with Gasteiger partial charge in [0.1, 0.15) is 0 Å². The zero-order valence-electron chi connectivity index (χ0n) is 12.5. The van der Waals surface area contributed by atoms with E-state index in [9.17, 15) is 4.79 Å². The zero-order valence-corrected chi connectivity index (χ0v) is 14.0. The van der Waals surface area contributed by atoms with Gasteiger partial charge in [-0.15, -0.1) is 0 Å². The van der Waals surface area contributed by atoms with E-state index in [4.69, 9.17) is 23.2 Å². The molecule has 0 aliphatic carbocycles. The minimum atomic E-state index is -0.146. The lowest BCUT2D eigenvalue weighted by Crippen LogP contribution is -2.38. The Balaban J connectivity index is 1.96. The van der Waals surface area contributed by atoms with E-state index in [0.29, 0.717) is 16.6 Å². The van der Waals surface area contributed by atoms with Crippen LogP contribution >= 0.6 is 23.2 Å². The van der Waals surface area contributed by atoms with Crippen LogP contribution in [0.25, 0.3) is 0 Å². The van der Waals surface area contributed by atoms with Crippen LogP contribution in [0, 0.1) is 0 Å². The number of hydrogen-bond acceptors (Lipinski definition) is 1. The number of nitrogens with one attached hydrogen (secondary N) is 1. The molecule has 0 bridgehead atoms. The van der Waals surface area contributed by atoms with E-state index in [1.165, 1.54) is 0 Å². The summed E-state index contributed by atoms with van der Waals surface area (Å²) in [6.45, 7) is 2.42. The molecule has 0 aliphatic heterocycles. The highest BCUT2D eigenvalue weighted by Gasteiger charge is 2.14. The van der Waals surface area contributed by atoms with Crippen molar-refractivity contribution < 1.29 is 4.79 Å².